The van der Waals surface area contributed by atoms with E-state index in [1.54, 1.807) is 26.0 Å². The zero-order chi connectivity index (χ0) is 22.4. The van der Waals surface area contributed by atoms with Gasteiger partial charge in [-0.15, -0.1) is 0 Å². The highest BCUT2D eigenvalue weighted by atomic mass is 32.2. The molecule has 4 rings (SSSR count). The molecule has 2 aliphatic heterocycles. The maximum atomic E-state index is 13.1. The first-order valence-electron chi connectivity index (χ1n) is 10.1. The third kappa shape index (κ3) is 3.83. The topological polar surface area (TPSA) is 86.8 Å². The van der Waals surface area contributed by atoms with E-state index in [1.165, 1.54) is 39.5 Å². The predicted molar refractivity (Wildman–Crippen MR) is 115 cm³/mol. The van der Waals surface area contributed by atoms with Gasteiger partial charge in [-0.2, -0.15) is 4.31 Å². The first-order valence-corrected chi connectivity index (χ1v) is 11.6. The highest BCUT2D eigenvalue weighted by molar-refractivity contribution is 7.89. The quantitative estimate of drug-likeness (QED) is 0.767. The van der Waals surface area contributed by atoms with Gasteiger partial charge in [0.05, 0.1) is 10.3 Å². The van der Waals surface area contributed by atoms with Crippen LogP contribution in [0.15, 0.2) is 47.4 Å². The summed E-state index contributed by atoms with van der Waals surface area (Å²) in [4.78, 5) is 27.1. The number of anilines is 2. The summed E-state index contributed by atoms with van der Waals surface area (Å²) >= 11 is 0. The molecule has 1 fully saturated rings. The molecule has 1 saturated heterocycles. The zero-order valence-corrected chi connectivity index (χ0v) is 18.2. The Morgan fingerprint density at radius 3 is 2.39 bits per heavy atom. The van der Waals surface area contributed by atoms with Crippen molar-refractivity contribution in [3.63, 3.8) is 0 Å². The fourth-order valence-corrected chi connectivity index (χ4v) is 5.63. The molecule has 0 atom stereocenters. The summed E-state index contributed by atoms with van der Waals surface area (Å²) in [5, 5.41) is 2.65. The number of rotatable bonds is 5. The van der Waals surface area contributed by atoms with Crippen LogP contribution in [0.3, 0.4) is 0 Å². The Kier molecular flexibility index (Phi) is 5.35. The summed E-state index contributed by atoms with van der Waals surface area (Å²) in [7, 11) is -3.62. The number of nitrogens with one attached hydrogen (secondary N) is 1. The average Bonchev–Trinajstić information content (AvgIpc) is 3.33. The SMILES string of the molecule is CC1(C)C(=O)N(CC(=O)Nc2ccc(F)cc2)c2ccc(S(=O)(=O)N3CCCC3)cc21. The minimum atomic E-state index is -3.62. The lowest BCUT2D eigenvalue weighted by Gasteiger charge is -2.20. The van der Waals surface area contributed by atoms with Gasteiger partial charge >= 0.3 is 0 Å². The van der Waals surface area contributed by atoms with Gasteiger partial charge in [0.15, 0.2) is 0 Å². The van der Waals surface area contributed by atoms with Crippen molar-refractivity contribution in [2.45, 2.75) is 37.0 Å². The third-order valence-corrected chi connectivity index (χ3v) is 7.74. The Balaban J connectivity index is 1.60. The number of sulfonamides is 1. The van der Waals surface area contributed by atoms with Gasteiger partial charge in [0, 0.05) is 24.5 Å². The fraction of sp³-hybridized carbons (Fsp3) is 0.364. The maximum Gasteiger partial charge on any atom is 0.244 e. The van der Waals surface area contributed by atoms with Crippen LogP contribution in [0.4, 0.5) is 15.8 Å². The molecule has 2 heterocycles. The second-order valence-electron chi connectivity index (χ2n) is 8.36. The average molecular weight is 446 g/mol. The number of halogens is 1. The van der Waals surface area contributed by atoms with E-state index in [9.17, 15) is 22.4 Å². The molecular formula is C22H24FN3O4S. The van der Waals surface area contributed by atoms with Gasteiger partial charge in [0.1, 0.15) is 12.4 Å². The molecule has 7 nitrogen and oxygen atoms in total. The van der Waals surface area contributed by atoms with Crippen molar-refractivity contribution in [1.29, 1.82) is 0 Å². The molecule has 0 aromatic heterocycles. The summed E-state index contributed by atoms with van der Waals surface area (Å²) in [5.41, 5.74) is 0.545. The number of fused-ring (bicyclic) bond motifs is 1. The molecule has 0 bridgehead atoms. The van der Waals surface area contributed by atoms with Gasteiger partial charge in [0.25, 0.3) is 0 Å². The smallest absolute Gasteiger partial charge is 0.244 e. The predicted octanol–water partition coefficient (Wildman–Crippen LogP) is 2.87. The number of carbonyl (C=O) groups is 2. The largest absolute Gasteiger partial charge is 0.325 e. The Morgan fingerprint density at radius 1 is 1.10 bits per heavy atom. The monoisotopic (exact) mass is 445 g/mol. The van der Waals surface area contributed by atoms with Crippen molar-refractivity contribution in [3.8, 4) is 0 Å². The molecule has 31 heavy (non-hydrogen) atoms. The van der Waals surface area contributed by atoms with Crippen LogP contribution >= 0.6 is 0 Å². The van der Waals surface area contributed by atoms with E-state index in [-0.39, 0.29) is 17.3 Å². The fourth-order valence-electron chi connectivity index (χ4n) is 4.09. The van der Waals surface area contributed by atoms with E-state index in [0.717, 1.165) is 12.8 Å². The van der Waals surface area contributed by atoms with Crippen LogP contribution < -0.4 is 10.2 Å². The van der Waals surface area contributed by atoms with Gasteiger partial charge in [-0.1, -0.05) is 0 Å². The van der Waals surface area contributed by atoms with Crippen LogP contribution in [-0.4, -0.2) is 44.2 Å². The zero-order valence-electron chi connectivity index (χ0n) is 17.4. The lowest BCUT2D eigenvalue weighted by molar-refractivity contribution is -0.124. The van der Waals surface area contributed by atoms with Crippen LogP contribution in [0.2, 0.25) is 0 Å². The summed E-state index contributed by atoms with van der Waals surface area (Å²) in [6, 6.07) is 9.98. The molecule has 2 amide bonds. The lowest BCUT2D eigenvalue weighted by Crippen LogP contribution is -2.40. The van der Waals surface area contributed by atoms with Crippen molar-refractivity contribution < 1.29 is 22.4 Å². The van der Waals surface area contributed by atoms with Gasteiger partial charge < -0.3 is 10.2 Å². The number of nitrogens with zero attached hydrogens (tertiary/aromatic N) is 2. The molecule has 9 heteroatoms. The van der Waals surface area contributed by atoms with Crippen molar-refractivity contribution in [1.82, 2.24) is 4.31 Å². The summed E-state index contributed by atoms with van der Waals surface area (Å²) < 4.78 is 40.4. The molecule has 1 N–H and O–H groups in total. The lowest BCUT2D eigenvalue weighted by atomic mass is 9.86. The highest BCUT2D eigenvalue weighted by Gasteiger charge is 2.45. The summed E-state index contributed by atoms with van der Waals surface area (Å²) in [6.45, 7) is 4.20. The normalized spacial score (nSPS) is 18.3. The first kappa shape index (κ1) is 21.5. The van der Waals surface area contributed by atoms with E-state index in [4.69, 9.17) is 0 Å². The molecule has 2 aromatic rings. The summed E-state index contributed by atoms with van der Waals surface area (Å²) in [5.74, 6) is -1.13. The highest BCUT2D eigenvalue weighted by Crippen LogP contribution is 2.42. The standard InChI is InChI=1S/C22H24FN3O4S/c1-22(2)18-13-17(31(29,30)25-11-3-4-12-25)9-10-19(18)26(21(22)28)14-20(27)24-16-7-5-15(23)6-8-16/h5-10,13H,3-4,11-12,14H2,1-2H3,(H,24,27). The molecule has 0 aliphatic carbocycles. The minimum absolute atomic E-state index is 0.159. The number of hydrogen-bond acceptors (Lipinski definition) is 4. The second-order valence-corrected chi connectivity index (χ2v) is 10.3. The van der Waals surface area contributed by atoms with Crippen LogP contribution in [0.25, 0.3) is 0 Å². The van der Waals surface area contributed by atoms with Gasteiger partial charge in [0.2, 0.25) is 21.8 Å². The Hall–Kier alpha value is -2.78. The number of amides is 2. The molecule has 2 aromatic carbocycles. The van der Waals surface area contributed by atoms with E-state index < -0.39 is 27.2 Å². The molecule has 0 radical (unpaired) electrons. The van der Waals surface area contributed by atoms with E-state index in [1.807, 2.05) is 0 Å². The van der Waals surface area contributed by atoms with E-state index in [2.05, 4.69) is 5.32 Å². The molecular weight excluding hydrogens is 421 g/mol. The van der Waals surface area contributed by atoms with Crippen LogP contribution in [0.1, 0.15) is 32.3 Å². The molecule has 2 aliphatic rings. The van der Waals surface area contributed by atoms with Crippen molar-refractivity contribution in [2.24, 2.45) is 0 Å². The van der Waals surface area contributed by atoms with Gasteiger partial charge in [-0.25, -0.2) is 12.8 Å². The van der Waals surface area contributed by atoms with Crippen molar-refractivity contribution in [2.75, 3.05) is 29.9 Å². The molecule has 0 spiro atoms. The van der Waals surface area contributed by atoms with E-state index >= 15 is 0 Å². The number of hydrogen-bond donors (Lipinski definition) is 1. The first-order chi connectivity index (χ1) is 14.6. The molecule has 164 valence electrons. The van der Waals surface area contributed by atoms with Crippen LogP contribution in [0, 0.1) is 5.82 Å². The molecule has 0 unspecified atom stereocenters. The Morgan fingerprint density at radius 2 is 1.74 bits per heavy atom. The van der Waals surface area contributed by atoms with E-state index in [0.29, 0.717) is 30.0 Å². The van der Waals surface area contributed by atoms with Gasteiger partial charge in [-0.05, 0) is 74.7 Å². The minimum Gasteiger partial charge on any atom is -0.325 e. The molecule has 0 saturated carbocycles. The van der Waals surface area contributed by atoms with Crippen LogP contribution in [0.5, 0.6) is 0 Å². The van der Waals surface area contributed by atoms with Crippen molar-refractivity contribution in [3.05, 3.63) is 53.8 Å². The summed E-state index contributed by atoms with van der Waals surface area (Å²) in [6.07, 6.45) is 1.68. The second kappa shape index (κ2) is 7.72. The maximum absolute atomic E-state index is 13.1. The Labute approximate surface area is 180 Å². The number of benzene rings is 2. The third-order valence-electron chi connectivity index (χ3n) is 5.84. The van der Waals surface area contributed by atoms with Gasteiger partial charge in [-0.3, -0.25) is 9.59 Å². The van der Waals surface area contributed by atoms with Crippen molar-refractivity contribution >= 4 is 33.2 Å². The van der Waals surface area contributed by atoms with Crippen LogP contribution in [-0.2, 0) is 25.0 Å². The Bertz CT molecular complexity index is 1140. The number of carbonyl (C=O) groups excluding carboxylic acids is 2.